The highest BCUT2D eigenvalue weighted by Gasteiger charge is 2.35. The normalized spacial score (nSPS) is 14.8. The smallest absolute Gasteiger partial charge is 0.366 e. The highest BCUT2D eigenvalue weighted by atomic mass is 19.4. The van der Waals surface area contributed by atoms with Crippen LogP contribution in [0.25, 0.3) is 5.69 Å². The molecule has 172 valence electrons. The number of nitrogens with zero attached hydrogens (tertiary/aromatic N) is 6. The van der Waals surface area contributed by atoms with Crippen LogP contribution in [-0.2, 0) is 11.0 Å². The van der Waals surface area contributed by atoms with Crippen molar-refractivity contribution in [2.24, 2.45) is 5.92 Å². The van der Waals surface area contributed by atoms with Gasteiger partial charge in [0.15, 0.2) is 0 Å². The molecule has 0 atom stereocenters. The first-order valence-electron chi connectivity index (χ1n) is 9.97. The molecule has 33 heavy (non-hydrogen) atoms. The number of rotatable bonds is 5. The quantitative estimate of drug-likeness (QED) is 0.457. The Bertz CT molecular complexity index is 1160. The van der Waals surface area contributed by atoms with Crippen molar-refractivity contribution in [1.82, 2.24) is 20.2 Å². The number of alkyl halides is 3. The number of hydrogen-bond donors (Lipinski definition) is 1. The Labute approximate surface area is 185 Å². The van der Waals surface area contributed by atoms with Crippen molar-refractivity contribution in [2.75, 3.05) is 23.3 Å². The van der Waals surface area contributed by atoms with Crippen molar-refractivity contribution < 1.29 is 22.9 Å². The summed E-state index contributed by atoms with van der Waals surface area (Å²) in [5.41, 5.74) is -0.333. The van der Waals surface area contributed by atoms with Crippen LogP contribution >= 0.6 is 0 Å². The van der Waals surface area contributed by atoms with E-state index >= 15 is 0 Å². The summed E-state index contributed by atoms with van der Waals surface area (Å²) in [6.07, 6.45) is -2.44. The van der Waals surface area contributed by atoms with E-state index in [9.17, 15) is 28.1 Å². The fraction of sp³-hybridized carbons (Fsp3) is 0.300. The molecular weight excluding hydrogens is 443 g/mol. The Morgan fingerprint density at radius 3 is 2.55 bits per heavy atom. The van der Waals surface area contributed by atoms with Crippen LogP contribution in [0.15, 0.2) is 48.8 Å². The van der Waals surface area contributed by atoms with E-state index in [1.165, 1.54) is 11.0 Å². The maximum atomic E-state index is 12.9. The maximum Gasteiger partial charge on any atom is 0.416 e. The molecule has 0 radical (unpaired) electrons. The highest BCUT2D eigenvalue weighted by Crippen LogP contribution is 2.37. The van der Waals surface area contributed by atoms with Gasteiger partial charge in [0, 0.05) is 30.8 Å². The number of carbonyl (C=O) groups is 1. The van der Waals surface area contributed by atoms with Gasteiger partial charge in [0.2, 0.25) is 5.91 Å². The third kappa shape index (κ3) is 4.91. The van der Waals surface area contributed by atoms with Crippen molar-refractivity contribution in [3.05, 3.63) is 64.5 Å². The number of halogens is 3. The number of nitrogens with one attached hydrogen (secondary N) is 1. The molecule has 3 aromatic rings. The number of nitro benzene ring substituents is 1. The second-order valence-electron chi connectivity index (χ2n) is 7.51. The third-order valence-electron chi connectivity index (χ3n) is 5.43. The topological polar surface area (TPSA) is 119 Å². The van der Waals surface area contributed by atoms with Crippen LogP contribution in [0.5, 0.6) is 0 Å². The minimum atomic E-state index is -4.67. The first kappa shape index (κ1) is 22.2. The summed E-state index contributed by atoms with van der Waals surface area (Å²) in [4.78, 5) is 24.9. The van der Waals surface area contributed by atoms with Gasteiger partial charge in [0.05, 0.1) is 16.2 Å². The summed E-state index contributed by atoms with van der Waals surface area (Å²) in [5.74, 6) is -0.545. The second-order valence-corrected chi connectivity index (χ2v) is 7.51. The maximum absolute atomic E-state index is 12.9. The van der Waals surface area contributed by atoms with Gasteiger partial charge in [-0.1, -0.05) is 6.07 Å². The number of amides is 1. The first-order chi connectivity index (χ1) is 15.7. The van der Waals surface area contributed by atoms with Gasteiger partial charge < -0.3 is 10.2 Å². The molecule has 0 bridgehead atoms. The summed E-state index contributed by atoms with van der Waals surface area (Å²) in [7, 11) is 0. The predicted molar refractivity (Wildman–Crippen MR) is 111 cm³/mol. The lowest BCUT2D eigenvalue weighted by atomic mass is 9.95. The van der Waals surface area contributed by atoms with E-state index in [1.54, 1.807) is 29.2 Å². The molecule has 0 aliphatic carbocycles. The summed E-state index contributed by atoms with van der Waals surface area (Å²) in [6.45, 7) is 0.601. The van der Waals surface area contributed by atoms with Gasteiger partial charge in [-0.2, -0.15) is 13.2 Å². The fourth-order valence-electron chi connectivity index (χ4n) is 3.75. The van der Waals surface area contributed by atoms with Gasteiger partial charge in [0.1, 0.15) is 12.0 Å². The van der Waals surface area contributed by atoms with E-state index in [1.807, 2.05) is 0 Å². The molecule has 2 aromatic carbocycles. The molecule has 0 spiro atoms. The molecule has 4 rings (SSSR count). The summed E-state index contributed by atoms with van der Waals surface area (Å²) in [5, 5.41) is 25.2. The first-order valence-corrected chi connectivity index (χ1v) is 9.97. The number of benzene rings is 2. The molecule has 1 aliphatic heterocycles. The third-order valence-corrected chi connectivity index (χ3v) is 5.43. The van der Waals surface area contributed by atoms with Gasteiger partial charge in [-0.15, -0.1) is 5.10 Å². The molecule has 1 fully saturated rings. The van der Waals surface area contributed by atoms with Gasteiger partial charge in [-0.3, -0.25) is 14.9 Å². The van der Waals surface area contributed by atoms with Gasteiger partial charge in [-0.05, 0) is 53.6 Å². The summed E-state index contributed by atoms with van der Waals surface area (Å²) in [6, 6.07) is 9.47. The van der Waals surface area contributed by atoms with Crippen LogP contribution in [0.1, 0.15) is 18.4 Å². The van der Waals surface area contributed by atoms with E-state index in [2.05, 4.69) is 20.8 Å². The molecule has 1 aliphatic rings. The number of nitro groups is 1. The molecule has 2 heterocycles. The number of carbonyl (C=O) groups excluding carboxylic acids is 1. The van der Waals surface area contributed by atoms with Crippen LogP contribution < -0.4 is 10.2 Å². The molecule has 1 amide bonds. The minimum absolute atomic E-state index is 0.112. The predicted octanol–water partition coefficient (Wildman–Crippen LogP) is 3.44. The van der Waals surface area contributed by atoms with Crippen molar-refractivity contribution in [3.8, 4) is 5.69 Å². The molecular formula is C20H18F3N7O3. The average Bonchev–Trinajstić information content (AvgIpc) is 3.33. The molecule has 13 heteroatoms. The molecule has 1 N–H and O–H groups in total. The van der Waals surface area contributed by atoms with Crippen molar-refractivity contribution in [1.29, 1.82) is 0 Å². The molecule has 0 saturated carbocycles. The van der Waals surface area contributed by atoms with E-state index in [4.69, 9.17) is 0 Å². The van der Waals surface area contributed by atoms with Crippen LogP contribution in [0.3, 0.4) is 0 Å². The van der Waals surface area contributed by atoms with Crippen LogP contribution in [0.4, 0.5) is 30.2 Å². The lowest BCUT2D eigenvalue weighted by Crippen LogP contribution is -2.38. The van der Waals surface area contributed by atoms with Gasteiger partial charge in [-0.25, -0.2) is 4.68 Å². The lowest BCUT2D eigenvalue weighted by Gasteiger charge is -2.32. The number of tetrazole rings is 1. The van der Waals surface area contributed by atoms with Crippen LogP contribution in [0, 0.1) is 16.0 Å². The average molecular weight is 461 g/mol. The lowest BCUT2D eigenvalue weighted by molar-refractivity contribution is -0.384. The Morgan fingerprint density at radius 2 is 1.91 bits per heavy atom. The molecule has 0 unspecified atom stereocenters. The minimum Gasteiger partial charge on any atom is -0.366 e. The zero-order valence-corrected chi connectivity index (χ0v) is 17.1. The standard InChI is InChI=1S/C20H18F3N7O3/c21-20(22,23)14-4-5-17(18(10-14)30(32)33)28-8-6-13(7-9-28)19(31)25-15-2-1-3-16(11-15)29-12-24-26-27-29/h1-5,10-13H,6-9H2,(H,25,31). The summed E-state index contributed by atoms with van der Waals surface area (Å²) >= 11 is 0. The highest BCUT2D eigenvalue weighted by molar-refractivity contribution is 5.93. The Hall–Kier alpha value is -4.03. The van der Waals surface area contributed by atoms with Gasteiger partial charge in [0.25, 0.3) is 5.69 Å². The number of hydrogen-bond acceptors (Lipinski definition) is 7. The largest absolute Gasteiger partial charge is 0.416 e. The summed E-state index contributed by atoms with van der Waals surface area (Å²) < 4.78 is 40.3. The SMILES string of the molecule is O=C(Nc1cccc(-n2cnnn2)c1)C1CCN(c2ccc(C(F)(F)F)cc2[N+](=O)[O-])CC1. The van der Waals surface area contributed by atoms with Crippen LogP contribution in [-0.4, -0.2) is 44.1 Å². The monoisotopic (exact) mass is 461 g/mol. The van der Waals surface area contributed by atoms with Crippen LogP contribution in [0.2, 0.25) is 0 Å². The zero-order valence-electron chi connectivity index (χ0n) is 17.1. The van der Waals surface area contributed by atoms with E-state index in [0.29, 0.717) is 43.4 Å². The van der Waals surface area contributed by atoms with E-state index in [-0.39, 0.29) is 17.5 Å². The number of piperidine rings is 1. The number of anilines is 2. The van der Waals surface area contributed by atoms with E-state index in [0.717, 1.165) is 12.1 Å². The molecule has 1 aromatic heterocycles. The zero-order chi connectivity index (χ0) is 23.6. The molecule has 1 saturated heterocycles. The number of aromatic nitrogens is 4. The van der Waals surface area contributed by atoms with Crippen molar-refractivity contribution >= 4 is 23.0 Å². The second kappa shape index (κ2) is 8.84. The van der Waals surface area contributed by atoms with Gasteiger partial charge >= 0.3 is 6.18 Å². The van der Waals surface area contributed by atoms with Crippen molar-refractivity contribution in [3.63, 3.8) is 0 Å². The van der Waals surface area contributed by atoms with Crippen molar-refractivity contribution in [2.45, 2.75) is 19.0 Å². The molecule has 10 nitrogen and oxygen atoms in total. The Morgan fingerprint density at radius 1 is 1.15 bits per heavy atom. The Kier molecular flexibility index (Phi) is 5.94. The van der Waals surface area contributed by atoms with E-state index < -0.39 is 22.4 Å². The Balaban J connectivity index is 1.42. The fourth-order valence-corrected chi connectivity index (χ4v) is 3.75.